The normalized spacial score (nSPS) is 10.1. The topological polar surface area (TPSA) is 75.6 Å². The molecule has 0 aliphatic carbocycles. The molecular formula is C20H18N2O5. The third kappa shape index (κ3) is 5.12. The first-order valence-corrected chi connectivity index (χ1v) is 8.22. The van der Waals surface area contributed by atoms with Crippen LogP contribution >= 0.6 is 0 Å². The average Bonchev–Trinajstić information content (AvgIpc) is 2.98. The largest absolute Gasteiger partial charge is 0.469 e. The summed E-state index contributed by atoms with van der Waals surface area (Å²) in [6, 6.07) is 18.5. The first-order chi connectivity index (χ1) is 13.2. The quantitative estimate of drug-likeness (QED) is 0.685. The van der Waals surface area contributed by atoms with Crippen molar-refractivity contribution in [3.63, 3.8) is 0 Å². The maximum Gasteiger partial charge on any atom is 0.433 e. The summed E-state index contributed by atoms with van der Waals surface area (Å²) in [4.78, 5) is 24.9. The number of hydrogen-bond acceptors (Lipinski definition) is 5. The van der Waals surface area contributed by atoms with Gasteiger partial charge in [-0.05, 0) is 11.1 Å². The second kappa shape index (κ2) is 9.10. The standard InChI is InChI=1S/C20H18N2O5/c23-19(26-15-17-7-3-1-4-8-17)21-11-13-25-14-12-22(21)20(24)27-16-18-9-5-2-6-10-18/h1-14H,15-16H2. The molecule has 7 nitrogen and oxygen atoms in total. The smallest absolute Gasteiger partial charge is 0.433 e. The van der Waals surface area contributed by atoms with Crippen molar-refractivity contribution in [2.45, 2.75) is 13.2 Å². The molecule has 0 aliphatic heterocycles. The van der Waals surface area contributed by atoms with E-state index in [1.165, 1.54) is 24.9 Å². The minimum absolute atomic E-state index is 0.0709. The van der Waals surface area contributed by atoms with Crippen molar-refractivity contribution in [3.05, 3.63) is 96.7 Å². The van der Waals surface area contributed by atoms with Crippen LogP contribution < -0.4 is 0 Å². The van der Waals surface area contributed by atoms with Crippen molar-refractivity contribution in [2.75, 3.05) is 0 Å². The molecule has 0 saturated heterocycles. The molecule has 0 aliphatic rings. The van der Waals surface area contributed by atoms with E-state index < -0.39 is 12.2 Å². The first kappa shape index (κ1) is 18.1. The van der Waals surface area contributed by atoms with Crippen molar-refractivity contribution in [1.82, 2.24) is 9.36 Å². The van der Waals surface area contributed by atoms with Crippen LogP contribution in [0.1, 0.15) is 11.1 Å². The Hall–Kier alpha value is -3.74. The lowest BCUT2D eigenvalue weighted by molar-refractivity contribution is 0.117. The lowest BCUT2D eigenvalue weighted by atomic mass is 10.2. The third-order valence-electron chi connectivity index (χ3n) is 3.58. The lowest BCUT2D eigenvalue weighted by Crippen LogP contribution is -2.28. The third-order valence-corrected chi connectivity index (χ3v) is 3.58. The number of ether oxygens (including phenoxy) is 2. The van der Waals surface area contributed by atoms with E-state index in [1.54, 1.807) is 0 Å². The summed E-state index contributed by atoms with van der Waals surface area (Å²) in [5.41, 5.74) is 1.66. The number of hydrogen-bond donors (Lipinski definition) is 0. The van der Waals surface area contributed by atoms with Gasteiger partial charge in [-0.3, -0.25) is 0 Å². The van der Waals surface area contributed by atoms with Crippen LogP contribution in [0.2, 0.25) is 0 Å². The Bertz CT molecular complexity index is 848. The molecule has 0 spiro atoms. The zero-order chi connectivity index (χ0) is 18.9. The Morgan fingerprint density at radius 2 is 1.11 bits per heavy atom. The predicted molar refractivity (Wildman–Crippen MR) is 96.4 cm³/mol. The monoisotopic (exact) mass is 366 g/mol. The van der Waals surface area contributed by atoms with Gasteiger partial charge in [0.05, 0.1) is 12.4 Å². The first-order valence-electron chi connectivity index (χ1n) is 8.22. The highest BCUT2D eigenvalue weighted by molar-refractivity contribution is 5.75. The molecule has 1 aromatic heterocycles. The van der Waals surface area contributed by atoms with Gasteiger partial charge in [-0.1, -0.05) is 60.7 Å². The van der Waals surface area contributed by atoms with Gasteiger partial charge in [0.25, 0.3) is 0 Å². The number of nitrogens with zero attached hydrogens (tertiary/aromatic N) is 2. The fourth-order valence-electron chi connectivity index (χ4n) is 2.24. The fourth-order valence-corrected chi connectivity index (χ4v) is 2.24. The SMILES string of the molecule is O=C(OCc1ccccc1)n1ccoccn1C(=O)OCc1ccccc1. The van der Waals surface area contributed by atoms with E-state index >= 15 is 0 Å². The molecule has 2 aromatic carbocycles. The molecular weight excluding hydrogens is 348 g/mol. The highest BCUT2D eigenvalue weighted by atomic mass is 16.6. The number of carbonyl (C=O) groups is 2. The Morgan fingerprint density at radius 1 is 0.704 bits per heavy atom. The molecule has 0 bridgehead atoms. The molecule has 0 unspecified atom stereocenters. The molecule has 3 rings (SSSR count). The summed E-state index contributed by atoms with van der Waals surface area (Å²) in [5, 5.41) is 0. The number of rotatable bonds is 4. The summed E-state index contributed by atoms with van der Waals surface area (Å²) in [6.45, 7) is 0.142. The summed E-state index contributed by atoms with van der Waals surface area (Å²) >= 11 is 0. The van der Waals surface area contributed by atoms with E-state index in [-0.39, 0.29) is 13.2 Å². The van der Waals surface area contributed by atoms with Crippen LogP contribution in [0.5, 0.6) is 0 Å². The van der Waals surface area contributed by atoms with Gasteiger partial charge in [-0.2, -0.15) is 9.36 Å². The van der Waals surface area contributed by atoms with Crippen LogP contribution in [0.15, 0.2) is 90.0 Å². The fraction of sp³-hybridized carbons (Fsp3) is 0.100. The summed E-state index contributed by atoms with van der Waals surface area (Å²) in [6.07, 6.45) is 3.56. The molecule has 138 valence electrons. The van der Waals surface area contributed by atoms with Gasteiger partial charge in [-0.25, -0.2) is 9.59 Å². The molecule has 0 fully saturated rings. The molecule has 0 atom stereocenters. The Balaban J connectivity index is 1.72. The van der Waals surface area contributed by atoms with Gasteiger partial charge in [0, 0.05) is 0 Å². The van der Waals surface area contributed by atoms with Crippen LogP contribution in [0.4, 0.5) is 9.59 Å². The molecule has 27 heavy (non-hydrogen) atoms. The maximum atomic E-state index is 12.4. The predicted octanol–water partition coefficient (Wildman–Crippen LogP) is 4.38. The zero-order valence-corrected chi connectivity index (χ0v) is 14.4. The highest BCUT2D eigenvalue weighted by Crippen LogP contribution is 2.05. The van der Waals surface area contributed by atoms with E-state index in [0.29, 0.717) is 0 Å². The lowest BCUT2D eigenvalue weighted by Gasteiger charge is -2.12. The van der Waals surface area contributed by atoms with Gasteiger partial charge < -0.3 is 13.9 Å². The van der Waals surface area contributed by atoms with Crippen LogP contribution in [0.25, 0.3) is 0 Å². The van der Waals surface area contributed by atoms with Crippen molar-refractivity contribution in [1.29, 1.82) is 0 Å². The van der Waals surface area contributed by atoms with Crippen molar-refractivity contribution in [2.24, 2.45) is 0 Å². The van der Waals surface area contributed by atoms with E-state index in [2.05, 4.69) is 0 Å². The molecule has 0 saturated carbocycles. The second-order valence-corrected chi connectivity index (χ2v) is 5.48. The average molecular weight is 366 g/mol. The van der Waals surface area contributed by atoms with Crippen LogP contribution in [0.3, 0.4) is 0 Å². The van der Waals surface area contributed by atoms with E-state index in [0.717, 1.165) is 20.5 Å². The van der Waals surface area contributed by atoms with Gasteiger partial charge in [0.1, 0.15) is 25.7 Å². The second-order valence-electron chi connectivity index (χ2n) is 5.48. The summed E-state index contributed by atoms with van der Waals surface area (Å²) in [5.74, 6) is 0. The minimum atomic E-state index is -0.748. The van der Waals surface area contributed by atoms with E-state index in [4.69, 9.17) is 13.9 Å². The Kier molecular flexibility index (Phi) is 6.08. The molecule has 0 amide bonds. The highest BCUT2D eigenvalue weighted by Gasteiger charge is 2.14. The summed E-state index contributed by atoms with van der Waals surface area (Å²) in [7, 11) is 0. The van der Waals surface area contributed by atoms with Crippen LogP contribution in [0, 0.1) is 0 Å². The van der Waals surface area contributed by atoms with Crippen molar-refractivity contribution < 1.29 is 23.5 Å². The van der Waals surface area contributed by atoms with E-state index in [1.807, 2.05) is 60.7 Å². The molecule has 1 heterocycles. The van der Waals surface area contributed by atoms with Crippen LogP contribution in [-0.2, 0) is 22.7 Å². The van der Waals surface area contributed by atoms with E-state index in [9.17, 15) is 9.59 Å². The van der Waals surface area contributed by atoms with Crippen LogP contribution in [-0.4, -0.2) is 21.6 Å². The zero-order valence-electron chi connectivity index (χ0n) is 14.4. The maximum absolute atomic E-state index is 12.4. The molecule has 3 aromatic rings. The summed E-state index contributed by atoms with van der Waals surface area (Å²) < 4.78 is 17.5. The Morgan fingerprint density at radius 3 is 1.52 bits per heavy atom. The molecule has 0 N–H and O–H groups in total. The molecule has 7 heteroatoms. The number of benzene rings is 2. The van der Waals surface area contributed by atoms with Gasteiger partial charge >= 0.3 is 12.2 Å². The number of carbonyl (C=O) groups excluding carboxylic acids is 2. The van der Waals surface area contributed by atoms with Gasteiger partial charge in [0.15, 0.2) is 0 Å². The molecule has 0 radical (unpaired) electrons. The van der Waals surface area contributed by atoms with Crippen molar-refractivity contribution >= 4 is 12.2 Å². The Labute approximate surface area is 155 Å². The van der Waals surface area contributed by atoms with Gasteiger partial charge in [0.2, 0.25) is 0 Å². The minimum Gasteiger partial charge on any atom is -0.469 e. The number of aromatic nitrogens is 2. The van der Waals surface area contributed by atoms with Gasteiger partial charge in [-0.15, -0.1) is 0 Å². The van der Waals surface area contributed by atoms with Crippen molar-refractivity contribution in [3.8, 4) is 0 Å².